The molecule has 92 valence electrons. The van der Waals surface area contributed by atoms with Crippen LogP contribution in [0, 0.1) is 6.92 Å². The van der Waals surface area contributed by atoms with E-state index in [1.54, 1.807) is 12.4 Å². The van der Waals surface area contributed by atoms with Crippen LogP contribution in [0.4, 0.5) is 0 Å². The third-order valence-electron chi connectivity index (χ3n) is 2.34. The van der Waals surface area contributed by atoms with Crippen molar-refractivity contribution in [3.8, 4) is 5.75 Å². The van der Waals surface area contributed by atoms with Gasteiger partial charge in [-0.15, -0.1) is 0 Å². The topological polar surface area (TPSA) is 72.3 Å². The van der Waals surface area contributed by atoms with Crippen LogP contribution >= 0.6 is 0 Å². The van der Waals surface area contributed by atoms with Crippen molar-refractivity contribution in [3.63, 3.8) is 0 Å². The molecule has 0 bridgehead atoms. The fraction of sp³-hybridized carbons (Fsp3) is 0.154. The standard InChI is InChI=1S/C13H12N2O3/c1-9-4-10(6-15-5-9)8-18-12-7-14-3-2-11(12)13(16)17/h2-7H,8H2,1H3,(H,16,17). The molecule has 18 heavy (non-hydrogen) atoms. The van der Waals surface area contributed by atoms with Gasteiger partial charge in [-0.25, -0.2) is 4.79 Å². The summed E-state index contributed by atoms with van der Waals surface area (Å²) in [5.74, 6) is -0.777. The highest BCUT2D eigenvalue weighted by Gasteiger charge is 2.10. The van der Waals surface area contributed by atoms with Crippen LogP contribution in [0.2, 0.25) is 0 Å². The summed E-state index contributed by atoms with van der Waals surface area (Å²) in [6, 6.07) is 3.34. The third-order valence-corrected chi connectivity index (χ3v) is 2.34. The van der Waals surface area contributed by atoms with Crippen molar-refractivity contribution in [2.24, 2.45) is 0 Å². The number of rotatable bonds is 4. The van der Waals surface area contributed by atoms with E-state index in [9.17, 15) is 4.79 Å². The number of nitrogens with zero attached hydrogens (tertiary/aromatic N) is 2. The number of ether oxygens (including phenoxy) is 1. The Bertz CT molecular complexity index is 570. The normalized spacial score (nSPS) is 10.1. The average molecular weight is 244 g/mol. The van der Waals surface area contributed by atoms with Crippen LogP contribution in [0.1, 0.15) is 21.5 Å². The third kappa shape index (κ3) is 2.82. The SMILES string of the molecule is Cc1cncc(COc2cnccc2C(=O)O)c1. The molecular formula is C13H12N2O3. The van der Waals surface area contributed by atoms with Crippen LogP contribution in [0.3, 0.4) is 0 Å². The van der Waals surface area contributed by atoms with Crippen molar-refractivity contribution in [2.45, 2.75) is 13.5 Å². The Hall–Kier alpha value is -2.43. The van der Waals surface area contributed by atoms with Gasteiger partial charge in [0, 0.05) is 24.2 Å². The van der Waals surface area contributed by atoms with Gasteiger partial charge in [-0.05, 0) is 24.6 Å². The Morgan fingerprint density at radius 2 is 2.17 bits per heavy atom. The molecule has 0 unspecified atom stereocenters. The van der Waals surface area contributed by atoms with Gasteiger partial charge < -0.3 is 9.84 Å². The molecule has 0 aliphatic carbocycles. The number of hydrogen-bond acceptors (Lipinski definition) is 4. The van der Waals surface area contributed by atoms with Crippen LogP contribution in [-0.4, -0.2) is 21.0 Å². The van der Waals surface area contributed by atoms with Crippen LogP contribution in [-0.2, 0) is 6.61 Å². The molecule has 2 rings (SSSR count). The Morgan fingerprint density at radius 1 is 1.33 bits per heavy atom. The summed E-state index contributed by atoms with van der Waals surface area (Å²) in [4.78, 5) is 18.9. The van der Waals surface area contributed by atoms with Crippen molar-refractivity contribution in [1.82, 2.24) is 9.97 Å². The number of carboxylic acids is 1. The van der Waals surface area contributed by atoms with E-state index >= 15 is 0 Å². The van der Waals surface area contributed by atoms with E-state index in [4.69, 9.17) is 9.84 Å². The van der Waals surface area contributed by atoms with Crippen molar-refractivity contribution < 1.29 is 14.6 Å². The van der Waals surface area contributed by atoms with Gasteiger partial charge in [-0.2, -0.15) is 0 Å². The van der Waals surface area contributed by atoms with Crippen molar-refractivity contribution in [1.29, 1.82) is 0 Å². The lowest BCUT2D eigenvalue weighted by Crippen LogP contribution is -2.04. The smallest absolute Gasteiger partial charge is 0.339 e. The lowest BCUT2D eigenvalue weighted by Gasteiger charge is -2.08. The van der Waals surface area contributed by atoms with Crippen LogP contribution in [0.15, 0.2) is 36.9 Å². The number of pyridine rings is 2. The number of carboxylic acid groups (broad SMARTS) is 1. The predicted molar refractivity (Wildman–Crippen MR) is 64.5 cm³/mol. The van der Waals surface area contributed by atoms with E-state index in [1.165, 1.54) is 18.5 Å². The predicted octanol–water partition coefficient (Wildman–Crippen LogP) is 2.06. The summed E-state index contributed by atoms with van der Waals surface area (Å²) in [6.45, 7) is 2.20. The van der Waals surface area contributed by atoms with Crippen molar-refractivity contribution in [2.75, 3.05) is 0 Å². The Balaban J connectivity index is 2.13. The minimum Gasteiger partial charge on any atom is -0.486 e. The Morgan fingerprint density at radius 3 is 2.89 bits per heavy atom. The van der Waals surface area contributed by atoms with Gasteiger partial charge in [0.15, 0.2) is 5.75 Å². The summed E-state index contributed by atoms with van der Waals surface area (Å²) in [5, 5.41) is 8.99. The molecule has 0 atom stereocenters. The number of aryl methyl sites for hydroxylation is 1. The summed E-state index contributed by atoms with van der Waals surface area (Å²) in [6.07, 6.45) is 6.25. The Kier molecular flexibility index (Phi) is 3.52. The quantitative estimate of drug-likeness (QED) is 0.891. The molecule has 5 heteroatoms. The average Bonchev–Trinajstić information content (AvgIpc) is 2.37. The van der Waals surface area contributed by atoms with Gasteiger partial charge in [0.05, 0.1) is 6.20 Å². The first-order valence-corrected chi connectivity index (χ1v) is 5.37. The molecule has 5 nitrogen and oxygen atoms in total. The fourth-order valence-corrected chi connectivity index (χ4v) is 1.53. The highest BCUT2D eigenvalue weighted by Crippen LogP contribution is 2.17. The Labute approximate surface area is 104 Å². The largest absolute Gasteiger partial charge is 0.486 e. The van der Waals surface area contributed by atoms with Crippen LogP contribution < -0.4 is 4.74 Å². The zero-order chi connectivity index (χ0) is 13.0. The molecular weight excluding hydrogens is 232 g/mol. The van der Waals surface area contributed by atoms with Crippen molar-refractivity contribution in [3.05, 3.63) is 53.6 Å². The first kappa shape index (κ1) is 12.0. The maximum absolute atomic E-state index is 11.0. The van der Waals surface area contributed by atoms with E-state index < -0.39 is 5.97 Å². The van der Waals surface area contributed by atoms with Gasteiger partial charge >= 0.3 is 5.97 Å². The zero-order valence-electron chi connectivity index (χ0n) is 9.83. The fourth-order valence-electron chi connectivity index (χ4n) is 1.53. The highest BCUT2D eigenvalue weighted by molar-refractivity contribution is 5.90. The molecule has 2 heterocycles. The molecule has 0 fully saturated rings. The first-order chi connectivity index (χ1) is 8.66. The van der Waals surface area contributed by atoms with Gasteiger partial charge in [0.2, 0.25) is 0 Å². The second kappa shape index (κ2) is 5.27. The molecule has 0 amide bonds. The van der Waals surface area contributed by atoms with E-state index in [2.05, 4.69) is 9.97 Å². The molecule has 0 saturated carbocycles. The molecule has 0 radical (unpaired) electrons. The molecule has 0 saturated heterocycles. The number of carbonyl (C=O) groups is 1. The summed E-state index contributed by atoms with van der Waals surface area (Å²) in [7, 11) is 0. The highest BCUT2D eigenvalue weighted by atomic mass is 16.5. The van der Waals surface area contributed by atoms with Gasteiger partial charge in [0.1, 0.15) is 12.2 Å². The molecule has 0 aromatic carbocycles. The van der Waals surface area contributed by atoms with E-state index in [0.717, 1.165) is 11.1 Å². The van der Waals surface area contributed by atoms with E-state index in [-0.39, 0.29) is 17.9 Å². The number of aromatic nitrogens is 2. The minimum absolute atomic E-state index is 0.102. The summed E-state index contributed by atoms with van der Waals surface area (Å²) in [5.41, 5.74) is 2.02. The molecule has 2 aromatic heterocycles. The van der Waals surface area contributed by atoms with Gasteiger partial charge in [-0.3, -0.25) is 9.97 Å². The van der Waals surface area contributed by atoms with Gasteiger partial charge in [0.25, 0.3) is 0 Å². The molecule has 0 aliphatic heterocycles. The summed E-state index contributed by atoms with van der Waals surface area (Å²) < 4.78 is 5.46. The maximum Gasteiger partial charge on any atom is 0.339 e. The molecule has 1 N–H and O–H groups in total. The van der Waals surface area contributed by atoms with E-state index in [1.807, 2.05) is 13.0 Å². The van der Waals surface area contributed by atoms with Gasteiger partial charge in [-0.1, -0.05) is 0 Å². The number of hydrogen-bond donors (Lipinski definition) is 1. The zero-order valence-corrected chi connectivity index (χ0v) is 9.83. The van der Waals surface area contributed by atoms with Crippen LogP contribution in [0.5, 0.6) is 5.75 Å². The second-order valence-electron chi connectivity index (χ2n) is 3.84. The monoisotopic (exact) mass is 244 g/mol. The maximum atomic E-state index is 11.0. The lowest BCUT2D eigenvalue weighted by atomic mass is 10.2. The lowest BCUT2D eigenvalue weighted by molar-refractivity contribution is 0.0691. The second-order valence-corrected chi connectivity index (χ2v) is 3.84. The first-order valence-electron chi connectivity index (χ1n) is 5.37. The van der Waals surface area contributed by atoms with Crippen molar-refractivity contribution >= 4 is 5.97 Å². The van der Waals surface area contributed by atoms with E-state index in [0.29, 0.717) is 0 Å². The minimum atomic E-state index is -1.03. The summed E-state index contributed by atoms with van der Waals surface area (Å²) >= 11 is 0. The molecule has 0 spiro atoms. The molecule has 2 aromatic rings. The molecule has 0 aliphatic rings. The number of aromatic carboxylic acids is 1. The van der Waals surface area contributed by atoms with Crippen LogP contribution in [0.25, 0.3) is 0 Å².